The van der Waals surface area contributed by atoms with E-state index in [9.17, 15) is 9.59 Å². The first-order chi connectivity index (χ1) is 15.2. The van der Waals surface area contributed by atoms with E-state index in [1.54, 1.807) is 18.5 Å². The van der Waals surface area contributed by atoms with Crippen LogP contribution in [0.15, 0.2) is 97.3 Å². The van der Waals surface area contributed by atoms with Gasteiger partial charge in [-0.3, -0.25) is 14.6 Å². The van der Waals surface area contributed by atoms with E-state index in [1.807, 2.05) is 78.9 Å². The zero-order chi connectivity index (χ0) is 20.9. The zero-order valence-corrected chi connectivity index (χ0v) is 16.4. The molecule has 0 unspecified atom stereocenters. The molecule has 31 heavy (non-hydrogen) atoms. The molecule has 1 aromatic heterocycles. The minimum absolute atomic E-state index is 0.304. The lowest BCUT2D eigenvalue weighted by Crippen LogP contribution is -2.40. The molecule has 0 saturated carbocycles. The van der Waals surface area contributed by atoms with Crippen LogP contribution >= 0.6 is 0 Å². The van der Waals surface area contributed by atoms with E-state index < -0.39 is 0 Å². The van der Waals surface area contributed by atoms with Crippen LogP contribution in [0.2, 0.25) is 0 Å². The lowest BCUT2D eigenvalue weighted by atomic mass is 9.89. The Labute approximate surface area is 178 Å². The molecular weight excluding hydrogens is 384 g/mol. The Morgan fingerprint density at radius 3 is 2.23 bits per heavy atom. The number of benzene rings is 4. The Kier molecular flexibility index (Phi) is 3.74. The molecule has 4 heteroatoms. The number of aromatic nitrogens is 1. The Hall–Kier alpha value is -4.31. The standard InChI is InChI=1S/C27H16N2O2/c30-26-23-9-3-8-22-21(19-7-4-14-28-16-19)12-13-24(25(22)23)27(31)29(26)20-11-10-17-5-1-2-6-18(17)15-20/h1-16H. The van der Waals surface area contributed by atoms with Gasteiger partial charge in [-0.15, -0.1) is 0 Å². The van der Waals surface area contributed by atoms with E-state index in [4.69, 9.17) is 0 Å². The monoisotopic (exact) mass is 400 g/mol. The van der Waals surface area contributed by atoms with Crippen LogP contribution in [0, 0.1) is 0 Å². The van der Waals surface area contributed by atoms with Gasteiger partial charge in [0.2, 0.25) is 0 Å². The van der Waals surface area contributed by atoms with E-state index >= 15 is 0 Å². The maximum atomic E-state index is 13.5. The number of imide groups is 1. The van der Waals surface area contributed by atoms with Crippen molar-refractivity contribution in [3.05, 3.63) is 108 Å². The minimum Gasteiger partial charge on any atom is -0.268 e. The summed E-state index contributed by atoms with van der Waals surface area (Å²) in [5.41, 5.74) is 3.54. The van der Waals surface area contributed by atoms with Crippen molar-refractivity contribution in [2.24, 2.45) is 0 Å². The molecule has 6 rings (SSSR count). The summed E-state index contributed by atoms with van der Waals surface area (Å²) in [6.45, 7) is 0. The first kappa shape index (κ1) is 17.5. The van der Waals surface area contributed by atoms with E-state index in [1.165, 1.54) is 4.90 Å². The Morgan fingerprint density at radius 1 is 0.645 bits per heavy atom. The molecule has 2 heterocycles. The van der Waals surface area contributed by atoms with Gasteiger partial charge in [0.25, 0.3) is 11.8 Å². The van der Waals surface area contributed by atoms with E-state index in [0.29, 0.717) is 22.2 Å². The van der Waals surface area contributed by atoms with Gasteiger partial charge in [0, 0.05) is 34.5 Å². The highest BCUT2D eigenvalue weighted by Gasteiger charge is 2.34. The maximum absolute atomic E-state index is 13.5. The van der Waals surface area contributed by atoms with Crippen LogP contribution in [0.5, 0.6) is 0 Å². The number of pyridine rings is 1. The highest BCUT2D eigenvalue weighted by molar-refractivity contribution is 6.36. The van der Waals surface area contributed by atoms with Crippen molar-refractivity contribution in [3.63, 3.8) is 0 Å². The van der Waals surface area contributed by atoms with Crippen LogP contribution in [-0.2, 0) is 0 Å². The number of fused-ring (bicyclic) bond motifs is 1. The first-order valence-electron chi connectivity index (χ1n) is 10.1. The highest BCUT2D eigenvalue weighted by atomic mass is 16.2. The summed E-state index contributed by atoms with van der Waals surface area (Å²) in [7, 11) is 0. The van der Waals surface area contributed by atoms with Gasteiger partial charge in [0.15, 0.2) is 0 Å². The second-order valence-electron chi connectivity index (χ2n) is 7.61. The molecule has 0 bridgehead atoms. The van der Waals surface area contributed by atoms with E-state index in [-0.39, 0.29) is 11.8 Å². The quantitative estimate of drug-likeness (QED) is 0.349. The Bertz CT molecular complexity index is 1500. The van der Waals surface area contributed by atoms with Crippen LogP contribution < -0.4 is 4.90 Å². The van der Waals surface area contributed by atoms with Crippen molar-refractivity contribution in [2.45, 2.75) is 0 Å². The number of anilines is 1. The fourth-order valence-electron chi connectivity index (χ4n) is 4.42. The fourth-order valence-corrected chi connectivity index (χ4v) is 4.42. The number of rotatable bonds is 2. The molecule has 0 radical (unpaired) electrons. The summed E-state index contributed by atoms with van der Waals surface area (Å²) in [4.78, 5) is 32.5. The Balaban J connectivity index is 1.56. The van der Waals surface area contributed by atoms with Crippen LogP contribution in [0.3, 0.4) is 0 Å². The predicted octanol–water partition coefficient (Wildman–Crippen LogP) is 5.86. The van der Waals surface area contributed by atoms with Crippen LogP contribution in [-0.4, -0.2) is 16.8 Å². The lowest BCUT2D eigenvalue weighted by Gasteiger charge is -2.28. The average molecular weight is 400 g/mol. The molecule has 146 valence electrons. The van der Waals surface area contributed by atoms with Gasteiger partial charge in [0.05, 0.1) is 5.69 Å². The molecule has 0 fully saturated rings. The molecular formula is C27H16N2O2. The summed E-state index contributed by atoms with van der Waals surface area (Å²) >= 11 is 0. The third-order valence-electron chi connectivity index (χ3n) is 5.87. The molecule has 5 aromatic rings. The van der Waals surface area contributed by atoms with Gasteiger partial charge in [-0.05, 0) is 52.1 Å². The van der Waals surface area contributed by atoms with Crippen molar-refractivity contribution in [1.82, 2.24) is 4.98 Å². The largest absolute Gasteiger partial charge is 0.268 e. The molecule has 4 nitrogen and oxygen atoms in total. The van der Waals surface area contributed by atoms with Gasteiger partial charge in [0.1, 0.15) is 0 Å². The van der Waals surface area contributed by atoms with Crippen LogP contribution in [0.25, 0.3) is 32.7 Å². The van der Waals surface area contributed by atoms with Crippen molar-refractivity contribution >= 4 is 39.0 Å². The minimum atomic E-state index is -0.304. The van der Waals surface area contributed by atoms with E-state index in [0.717, 1.165) is 27.3 Å². The van der Waals surface area contributed by atoms with Gasteiger partial charge in [-0.2, -0.15) is 0 Å². The normalized spacial score (nSPS) is 13.2. The molecule has 0 spiro atoms. The van der Waals surface area contributed by atoms with E-state index in [2.05, 4.69) is 4.98 Å². The summed E-state index contributed by atoms with van der Waals surface area (Å²) < 4.78 is 0. The summed E-state index contributed by atoms with van der Waals surface area (Å²) in [5.74, 6) is -0.608. The molecule has 0 aliphatic carbocycles. The number of carbonyl (C=O) groups excluding carboxylic acids is 2. The topological polar surface area (TPSA) is 50.3 Å². The number of hydrogen-bond acceptors (Lipinski definition) is 3. The van der Waals surface area contributed by atoms with Crippen molar-refractivity contribution < 1.29 is 9.59 Å². The average Bonchev–Trinajstić information content (AvgIpc) is 2.83. The summed E-state index contributed by atoms with van der Waals surface area (Å²) in [6, 6.07) is 26.8. The molecule has 2 amide bonds. The van der Waals surface area contributed by atoms with Crippen LogP contribution in [0.4, 0.5) is 5.69 Å². The SMILES string of the molecule is O=C1c2cccc3c(-c4cccnc4)ccc(c23)C(=O)N1c1ccc2ccccc2c1. The number of amides is 2. The number of nitrogens with zero attached hydrogens (tertiary/aromatic N) is 2. The third kappa shape index (κ3) is 2.58. The molecule has 1 aliphatic heterocycles. The molecule has 0 atom stereocenters. The smallest absolute Gasteiger partial charge is 0.265 e. The fraction of sp³-hybridized carbons (Fsp3) is 0. The second kappa shape index (κ2) is 6.61. The van der Waals surface area contributed by atoms with Crippen molar-refractivity contribution in [1.29, 1.82) is 0 Å². The number of hydrogen-bond donors (Lipinski definition) is 0. The van der Waals surface area contributed by atoms with Gasteiger partial charge >= 0.3 is 0 Å². The highest BCUT2D eigenvalue weighted by Crippen LogP contribution is 2.38. The number of carbonyl (C=O) groups is 2. The summed E-state index contributed by atoms with van der Waals surface area (Å²) in [5, 5.41) is 3.63. The lowest BCUT2D eigenvalue weighted by molar-refractivity contribution is 0.0893. The van der Waals surface area contributed by atoms with Crippen LogP contribution in [0.1, 0.15) is 20.7 Å². The Morgan fingerprint density at radius 2 is 1.42 bits per heavy atom. The van der Waals surface area contributed by atoms with Gasteiger partial charge in [-0.1, -0.05) is 54.6 Å². The molecule has 4 aromatic carbocycles. The maximum Gasteiger partial charge on any atom is 0.265 e. The first-order valence-corrected chi connectivity index (χ1v) is 10.1. The van der Waals surface area contributed by atoms with Crippen molar-refractivity contribution in [2.75, 3.05) is 4.90 Å². The molecule has 0 N–H and O–H groups in total. The van der Waals surface area contributed by atoms with Gasteiger partial charge < -0.3 is 0 Å². The second-order valence-corrected chi connectivity index (χ2v) is 7.61. The molecule has 0 saturated heterocycles. The van der Waals surface area contributed by atoms with Gasteiger partial charge in [-0.25, -0.2) is 4.90 Å². The predicted molar refractivity (Wildman–Crippen MR) is 122 cm³/mol. The third-order valence-corrected chi connectivity index (χ3v) is 5.87. The van der Waals surface area contributed by atoms with Crippen molar-refractivity contribution in [3.8, 4) is 11.1 Å². The molecule has 1 aliphatic rings. The zero-order valence-electron chi connectivity index (χ0n) is 16.4. The summed E-state index contributed by atoms with van der Waals surface area (Å²) in [6.07, 6.45) is 3.51.